The third-order valence-electron chi connectivity index (χ3n) is 3.74. The second kappa shape index (κ2) is 8.50. The molecule has 1 aliphatic rings. The van der Waals surface area contributed by atoms with Crippen molar-refractivity contribution in [3.05, 3.63) is 11.5 Å². The van der Waals surface area contributed by atoms with Gasteiger partial charge >= 0.3 is 0 Å². The highest BCUT2D eigenvalue weighted by Crippen LogP contribution is 2.25. The van der Waals surface area contributed by atoms with Crippen LogP contribution < -0.4 is 10.6 Å². The van der Waals surface area contributed by atoms with Crippen molar-refractivity contribution in [2.45, 2.75) is 38.9 Å². The van der Waals surface area contributed by atoms with E-state index in [1.807, 2.05) is 7.05 Å². The lowest BCUT2D eigenvalue weighted by Gasteiger charge is -2.35. The topological polar surface area (TPSA) is 62.3 Å². The first-order chi connectivity index (χ1) is 10.6. The van der Waals surface area contributed by atoms with Crippen LogP contribution >= 0.6 is 11.6 Å². The lowest BCUT2D eigenvalue weighted by molar-refractivity contribution is -0.0681. The van der Waals surface area contributed by atoms with E-state index in [4.69, 9.17) is 16.3 Å². The molecule has 2 atom stereocenters. The number of halogens is 1. The average Bonchev–Trinajstić information content (AvgIpc) is 2.46. The second-order valence-electron chi connectivity index (χ2n) is 5.79. The number of rotatable bonds is 7. The molecule has 7 heteroatoms. The Balaban J connectivity index is 1.68. The molecule has 124 valence electrons. The summed E-state index contributed by atoms with van der Waals surface area (Å²) in [6.07, 6.45) is 4.39. The Morgan fingerprint density at radius 3 is 2.68 bits per heavy atom. The molecule has 0 aliphatic carbocycles. The zero-order valence-corrected chi connectivity index (χ0v) is 14.4. The van der Waals surface area contributed by atoms with Gasteiger partial charge in [-0.05, 0) is 33.2 Å². The van der Waals surface area contributed by atoms with Crippen molar-refractivity contribution < 1.29 is 4.74 Å². The zero-order chi connectivity index (χ0) is 15.9. The first kappa shape index (κ1) is 17.2. The van der Waals surface area contributed by atoms with E-state index in [9.17, 15) is 0 Å². The van der Waals surface area contributed by atoms with E-state index in [2.05, 4.69) is 39.3 Å². The summed E-state index contributed by atoms with van der Waals surface area (Å²) in [5, 5.41) is 6.78. The number of ether oxygens (including phenoxy) is 1. The third-order valence-corrected chi connectivity index (χ3v) is 4.03. The number of anilines is 2. The molecule has 2 unspecified atom stereocenters. The van der Waals surface area contributed by atoms with Crippen LogP contribution in [0.4, 0.5) is 11.5 Å². The van der Waals surface area contributed by atoms with E-state index in [1.165, 1.54) is 6.33 Å². The maximum Gasteiger partial charge on any atom is 0.157 e. The second-order valence-corrected chi connectivity index (χ2v) is 6.15. The van der Waals surface area contributed by atoms with Crippen molar-refractivity contribution in [2.75, 3.05) is 43.9 Å². The fourth-order valence-corrected chi connectivity index (χ4v) is 3.08. The quantitative estimate of drug-likeness (QED) is 0.592. The molecule has 0 spiro atoms. The number of unbranched alkanes of at least 4 members (excludes halogenated alkanes) is 1. The van der Waals surface area contributed by atoms with Gasteiger partial charge in [-0.3, -0.25) is 4.90 Å². The Labute approximate surface area is 137 Å². The smallest absolute Gasteiger partial charge is 0.157 e. The van der Waals surface area contributed by atoms with E-state index in [1.54, 1.807) is 0 Å². The predicted molar refractivity (Wildman–Crippen MR) is 90.8 cm³/mol. The molecule has 0 saturated carbocycles. The Morgan fingerprint density at radius 2 is 2.00 bits per heavy atom. The molecule has 0 radical (unpaired) electrons. The summed E-state index contributed by atoms with van der Waals surface area (Å²) in [6.45, 7) is 8.33. The Bertz CT molecular complexity index is 463. The molecule has 1 aromatic rings. The summed E-state index contributed by atoms with van der Waals surface area (Å²) >= 11 is 6.03. The number of morpholine rings is 1. The monoisotopic (exact) mass is 327 g/mol. The van der Waals surface area contributed by atoms with Gasteiger partial charge in [-0.15, -0.1) is 0 Å². The zero-order valence-electron chi connectivity index (χ0n) is 13.6. The van der Waals surface area contributed by atoms with Crippen molar-refractivity contribution in [1.82, 2.24) is 14.9 Å². The lowest BCUT2D eigenvalue weighted by atomic mass is 10.2. The van der Waals surface area contributed by atoms with Gasteiger partial charge in [-0.2, -0.15) is 0 Å². The molecule has 2 rings (SSSR count). The van der Waals surface area contributed by atoms with Crippen LogP contribution in [0.25, 0.3) is 0 Å². The van der Waals surface area contributed by atoms with Crippen LogP contribution in [0.2, 0.25) is 5.15 Å². The summed E-state index contributed by atoms with van der Waals surface area (Å²) in [5.41, 5.74) is 0.750. The predicted octanol–water partition coefficient (Wildman–Crippen LogP) is 2.47. The first-order valence-electron chi connectivity index (χ1n) is 7.90. The summed E-state index contributed by atoms with van der Waals surface area (Å²) in [6, 6.07) is 0. The molecule has 0 bridgehead atoms. The molecule has 0 aromatic carbocycles. The average molecular weight is 328 g/mol. The van der Waals surface area contributed by atoms with Crippen LogP contribution in [0, 0.1) is 0 Å². The van der Waals surface area contributed by atoms with Gasteiger partial charge in [0.1, 0.15) is 12.0 Å². The van der Waals surface area contributed by atoms with Crippen LogP contribution in [0.5, 0.6) is 0 Å². The summed E-state index contributed by atoms with van der Waals surface area (Å²) in [5.74, 6) is 0.760. The molecule has 2 N–H and O–H groups in total. The van der Waals surface area contributed by atoms with Crippen molar-refractivity contribution in [2.24, 2.45) is 0 Å². The van der Waals surface area contributed by atoms with Gasteiger partial charge in [0.2, 0.25) is 0 Å². The molecule has 1 fully saturated rings. The number of nitrogens with one attached hydrogen (secondary N) is 2. The Kier molecular flexibility index (Phi) is 6.67. The molecule has 6 nitrogen and oxygen atoms in total. The standard InChI is InChI=1S/C15H26ClN5O/c1-11-8-21(9-12(2)22-11)7-5-4-6-18-15-13(17-3)14(16)19-10-20-15/h10-12,17H,4-9H2,1-3H3,(H,18,19,20). The van der Waals surface area contributed by atoms with Crippen LogP contribution in [-0.2, 0) is 4.74 Å². The maximum absolute atomic E-state index is 6.03. The molecule has 1 aromatic heterocycles. The molecule has 1 aliphatic heterocycles. The first-order valence-corrected chi connectivity index (χ1v) is 8.28. The fourth-order valence-electron chi connectivity index (χ4n) is 2.85. The molecule has 0 amide bonds. The molecular weight excluding hydrogens is 302 g/mol. The van der Waals surface area contributed by atoms with Crippen LogP contribution in [0.15, 0.2) is 6.33 Å². The SMILES string of the molecule is CNc1c(Cl)ncnc1NCCCCN1CC(C)OC(C)C1. The maximum atomic E-state index is 6.03. The lowest BCUT2D eigenvalue weighted by Crippen LogP contribution is -2.45. The van der Waals surface area contributed by atoms with Crippen molar-refractivity contribution in [1.29, 1.82) is 0 Å². The highest BCUT2D eigenvalue weighted by molar-refractivity contribution is 6.32. The Morgan fingerprint density at radius 1 is 1.27 bits per heavy atom. The third kappa shape index (κ3) is 4.97. The van der Waals surface area contributed by atoms with E-state index in [0.29, 0.717) is 17.4 Å². The van der Waals surface area contributed by atoms with Gasteiger partial charge in [0.25, 0.3) is 0 Å². The van der Waals surface area contributed by atoms with E-state index < -0.39 is 0 Å². The molecular formula is C15H26ClN5O. The Hall–Kier alpha value is -1.11. The van der Waals surface area contributed by atoms with Crippen molar-refractivity contribution in [3.63, 3.8) is 0 Å². The normalized spacial score (nSPS) is 22.5. The number of hydrogen-bond acceptors (Lipinski definition) is 6. The van der Waals surface area contributed by atoms with Crippen molar-refractivity contribution >= 4 is 23.1 Å². The van der Waals surface area contributed by atoms with Gasteiger partial charge in [0.05, 0.1) is 12.2 Å². The summed E-state index contributed by atoms with van der Waals surface area (Å²) < 4.78 is 5.75. The minimum absolute atomic E-state index is 0.336. The van der Waals surface area contributed by atoms with Crippen molar-refractivity contribution in [3.8, 4) is 0 Å². The minimum atomic E-state index is 0.336. The van der Waals surface area contributed by atoms with Gasteiger partial charge in [-0.1, -0.05) is 11.6 Å². The van der Waals surface area contributed by atoms with E-state index >= 15 is 0 Å². The highest BCUT2D eigenvalue weighted by Gasteiger charge is 2.21. The van der Waals surface area contributed by atoms with E-state index in [-0.39, 0.29) is 0 Å². The van der Waals surface area contributed by atoms with Gasteiger partial charge in [-0.25, -0.2) is 9.97 Å². The molecule has 2 heterocycles. The molecule has 1 saturated heterocycles. The summed E-state index contributed by atoms with van der Waals surface area (Å²) in [4.78, 5) is 10.7. The van der Waals surface area contributed by atoms with Gasteiger partial charge in [0.15, 0.2) is 11.0 Å². The minimum Gasteiger partial charge on any atom is -0.383 e. The van der Waals surface area contributed by atoms with Crippen LogP contribution in [0.3, 0.4) is 0 Å². The number of hydrogen-bond donors (Lipinski definition) is 2. The number of nitrogens with zero attached hydrogens (tertiary/aromatic N) is 3. The number of aromatic nitrogens is 2. The summed E-state index contributed by atoms with van der Waals surface area (Å²) in [7, 11) is 1.82. The highest BCUT2D eigenvalue weighted by atomic mass is 35.5. The van der Waals surface area contributed by atoms with Crippen LogP contribution in [0.1, 0.15) is 26.7 Å². The van der Waals surface area contributed by atoms with Crippen LogP contribution in [-0.4, -0.2) is 60.3 Å². The van der Waals surface area contributed by atoms with Gasteiger partial charge in [0, 0.05) is 26.7 Å². The fraction of sp³-hybridized carbons (Fsp3) is 0.733. The van der Waals surface area contributed by atoms with E-state index in [0.717, 1.165) is 50.5 Å². The van der Waals surface area contributed by atoms with Gasteiger partial charge < -0.3 is 15.4 Å². The largest absolute Gasteiger partial charge is 0.383 e. The molecule has 22 heavy (non-hydrogen) atoms.